The van der Waals surface area contributed by atoms with Crippen molar-refractivity contribution in [2.45, 2.75) is 30.8 Å². The Morgan fingerprint density at radius 1 is 1.62 bits per heavy atom. The molecule has 1 aromatic heterocycles. The number of carbonyl (C=O) groups excluding carboxylic acids is 1. The van der Waals surface area contributed by atoms with Gasteiger partial charge in [-0.05, 0) is 26.0 Å². The molecule has 0 aromatic carbocycles. The van der Waals surface area contributed by atoms with Gasteiger partial charge in [-0.25, -0.2) is 14.8 Å². The van der Waals surface area contributed by atoms with Crippen LogP contribution in [0, 0.1) is 0 Å². The zero-order chi connectivity index (χ0) is 11.5. The molecule has 16 heavy (non-hydrogen) atoms. The molecule has 1 aliphatic rings. The maximum Gasteiger partial charge on any atom is 0.341 e. The van der Waals surface area contributed by atoms with Crippen LogP contribution < -0.4 is 0 Å². The second-order valence-corrected chi connectivity index (χ2v) is 4.42. The van der Waals surface area contributed by atoms with Crippen LogP contribution in [0.2, 0.25) is 0 Å². The van der Waals surface area contributed by atoms with Gasteiger partial charge >= 0.3 is 5.97 Å². The van der Waals surface area contributed by atoms with Crippen LogP contribution in [0.1, 0.15) is 41.7 Å². The summed E-state index contributed by atoms with van der Waals surface area (Å²) in [7, 11) is 0. The van der Waals surface area contributed by atoms with Gasteiger partial charge in [-0.15, -0.1) is 0 Å². The predicted molar refractivity (Wildman–Crippen MR) is 61.7 cm³/mol. The Labute approximate surface area is 98.8 Å². The van der Waals surface area contributed by atoms with Crippen LogP contribution >= 0.6 is 11.8 Å². The Hall–Kier alpha value is -1.10. The Balaban J connectivity index is 2.32. The van der Waals surface area contributed by atoms with E-state index >= 15 is 0 Å². The summed E-state index contributed by atoms with van der Waals surface area (Å²) in [5.41, 5.74) is 1.39. The zero-order valence-electron chi connectivity index (χ0n) is 9.40. The third-order valence-corrected chi connectivity index (χ3v) is 3.00. The summed E-state index contributed by atoms with van der Waals surface area (Å²) < 4.78 is 4.99. The fourth-order valence-corrected chi connectivity index (χ4v) is 1.86. The van der Waals surface area contributed by atoms with E-state index in [9.17, 15) is 4.79 Å². The molecule has 0 bridgehead atoms. The van der Waals surface area contributed by atoms with Crippen LogP contribution in [-0.4, -0.2) is 28.8 Å². The minimum atomic E-state index is -0.308. The molecule has 0 amide bonds. The van der Waals surface area contributed by atoms with Crippen molar-refractivity contribution in [1.82, 2.24) is 9.97 Å². The van der Waals surface area contributed by atoms with Gasteiger partial charge in [0.1, 0.15) is 0 Å². The molecule has 0 unspecified atom stereocenters. The number of aromatic nitrogens is 2. The number of nitrogens with zero attached hydrogens (tertiary/aromatic N) is 2. The molecule has 4 nitrogen and oxygen atoms in total. The molecule has 0 radical (unpaired) electrons. The number of esters is 1. The molecule has 1 saturated carbocycles. The SMILES string of the molecule is CCOC(=O)c1cnc(SC)nc1C1CC1. The highest BCUT2D eigenvalue weighted by molar-refractivity contribution is 7.98. The highest BCUT2D eigenvalue weighted by atomic mass is 32.2. The van der Waals surface area contributed by atoms with Crippen molar-refractivity contribution >= 4 is 17.7 Å². The van der Waals surface area contributed by atoms with Gasteiger partial charge < -0.3 is 4.74 Å². The monoisotopic (exact) mass is 238 g/mol. The minimum absolute atomic E-state index is 0.308. The van der Waals surface area contributed by atoms with E-state index in [-0.39, 0.29) is 5.97 Å². The number of hydrogen-bond donors (Lipinski definition) is 0. The molecule has 2 rings (SSSR count). The summed E-state index contributed by atoms with van der Waals surface area (Å²) in [4.78, 5) is 20.2. The van der Waals surface area contributed by atoms with Gasteiger partial charge in [-0.3, -0.25) is 0 Å². The zero-order valence-corrected chi connectivity index (χ0v) is 10.2. The predicted octanol–water partition coefficient (Wildman–Crippen LogP) is 2.25. The maximum absolute atomic E-state index is 11.7. The first-order chi connectivity index (χ1) is 7.76. The first kappa shape index (κ1) is 11.4. The summed E-state index contributed by atoms with van der Waals surface area (Å²) in [6, 6.07) is 0. The second-order valence-electron chi connectivity index (χ2n) is 3.65. The lowest BCUT2D eigenvalue weighted by Crippen LogP contribution is -2.10. The van der Waals surface area contributed by atoms with E-state index in [4.69, 9.17) is 4.74 Å². The molecule has 0 N–H and O–H groups in total. The van der Waals surface area contributed by atoms with Crippen LogP contribution in [0.15, 0.2) is 11.4 Å². The van der Waals surface area contributed by atoms with Crippen LogP contribution in [0.25, 0.3) is 0 Å². The first-order valence-electron chi connectivity index (χ1n) is 5.34. The van der Waals surface area contributed by atoms with Crippen LogP contribution in [0.3, 0.4) is 0 Å². The lowest BCUT2D eigenvalue weighted by Gasteiger charge is -2.07. The van der Waals surface area contributed by atoms with Crippen molar-refractivity contribution < 1.29 is 9.53 Å². The number of carbonyl (C=O) groups is 1. The van der Waals surface area contributed by atoms with Gasteiger partial charge in [0.2, 0.25) is 0 Å². The third kappa shape index (κ3) is 2.35. The van der Waals surface area contributed by atoms with E-state index in [1.54, 1.807) is 13.1 Å². The average Bonchev–Trinajstić information content (AvgIpc) is 3.12. The molecule has 1 aromatic rings. The molecular formula is C11H14N2O2S. The summed E-state index contributed by atoms with van der Waals surface area (Å²) in [5, 5.41) is 0.718. The minimum Gasteiger partial charge on any atom is -0.462 e. The fraction of sp³-hybridized carbons (Fsp3) is 0.545. The van der Waals surface area contributed by atoms with Crippen molar-refractivity contribution in [3.05, 3.63) is 17.5 Å². The van der Waals surface area contributed by atoms with Gasteiger partial charge in [0.15, 0.2) is 5.16 Å². The van der Waals surface area contributed by atoms with Crippen LogP contribution in [0.4, 0.5) is 0 Å². The number of ether oxygens (including phenoxy) is 1. The Morgan fingerprint density at radius 2 is 2.38 bits per heavy atom. The van der Waals surface area contributed by atoms with E-state index in [2.05, 4.69) is 9.97 Å². The molecular weight excluding hydrogens is 224 g/mol. The van der Waals surface area contributed by atoms with Crippen molar-refractivity contribution in [2.75, 3.05) is 12.9 Å². The van der Waals surface area contributed by atoms with Crippen molar-refractivity contribution in [3.8, 4) is 0 Å². The summed E-state index contributed by atoms with van der Waals surface area (Å²) in [6.45, 7) is 2.18. The van der Waals surface area contributed by atoms with Crippen molar-refractivity contribution in [2.24, 2.45) is 0 Å². The Morgan fingerprint density at radius 3 is 2.94 bits per heavy atom. The molecule has 86 valence electrons. The first-order valence-corrected chi connectivity index (χ1v) is 6.56. The van der Waals surface area contributed by atoms with Crippen LogP contribution in [0.5, 0.6) is 0 Å². The van der Waals surface area contributed by atoms with Gasteiger partial charge in [0, 0.05) is 12.1 Å². The average molecular weight is 238 g/mol. The normalized spacial score (nSPS) is 14.9. The second kappa shape index (κ2) is 4.82. The third-order valence-electron chi connectivity index (χ3n) is 2.44. The highest BCUT2D eigenvalue weighted by Gasteiger charge is 2.30. The van der Waals surface area contributed by atoms with E-state index < -0.39 is 0 Å². The van der Waals surface area contributed by atoms with E-state index in [1.807, 2.05) is 6.26 Å². The molecule has 0 spiro atoms. The van der Waals surface area contributed by atoms with Gasteiger partial charge in [-0.1, -0.05) is 11.8 Å². The molecule has 0 aliphatic heterocycles. The van der Waals surface area contributed by atoms with Crippen molar-refractivity contribution in [3.63, 3.8) is 0 Å². The van der Waals surface area contributed by atoms with E-state index in [0.717, 1.165) is 23.7 Å². The number of thioether (sulfide) groups is 1. The van der Waals surface area contributed by atoms with Gasteiger partial charge in [-0.2, -0.15) is 0 Å². The maximum atomic E-state index is 11.7. The molecule has 5 heteroatoms. The van der Waals surface area contributed by atoms with Crippen LogP contribution in [-0.2, 0) is 4.74 Å². The fourth-order valence-electron chi connectivity index (χ4n) is 1.51. The lowest BCUT2D eigenvalue weighted by atomic mass is 10.1. The Bertz CT molecular complexity index is 405. The Kier molecular flexibility index (Phi) is 3.43. The number of rotatable bonds is 4. The van der Waals surface area contributed by atoms with Gasteiger partial charge in [0.05, 0.1) is 17.9 Å². The molecule has 1 heterocycles. The lowest BCUT2D eigenvalue weighted by molar-refractivity contribution is 0.0523. The number of hydrogen-bond acceptors (Lipinski definition) is 5. The summed E-state index contributed by atoms with van der Waals surface area (Å²) in [5.74, 6) is 0.116. The molecule has 1 fully saturated rings. The van der Waals surface area contributed by atoms with Crippen molar-refractivity contribution in [1.29, 1.82) is 0 Å². The molecule has 1 aliphatic carbocycles. The molecule has 0 atom stereocenters. The van der Waals surface area contributed by atoms with E-state index in [0.29, 0.717) is 18.1 Å². The highest BCUT2D eigenvalue weighted by Crippen LogP contribution is 2.41. The largest absolute Gasteiger partial charge is 0.462 e. The topological polar surface area (TPSA) is 52.1 Å². The smallest absolute Gasteiger partial charge is 0.341 e. The van der Waals surface area contributed by atoms with Gasteiger partial charge in [0.25, 0.3) is 0 Å². The quantitative estimate of drug-likeness (QED) is 0.457. The molecule has 0 saturated heterocycles. The standard InChI is InChI=1S/C11H14N2O2S/c1-3-15-10(14)8-6-12-11(16-2)13-9(8)7-4-5-7/h6-7H,3-5H2,1-2H3. The summed E-state index contributed by atoms with van der Waals surface area (Å²) in [6.07, 6.45) is 5.73. The summed E-state index contributed by atoms with van der Waals surface area (Å²) >= 11 is 1.49. The van der Waals surface area contributed by atoms with E-state index in [1.165, 1.54) is 11.8 Å².